The largest absolute Gasteiger partial charge is 0.479 e. The number of nitrogens with zero attached hydrogens (tertiary/aromatic N) is 1. The molecule has 2 rings (SSSR count). The van der Waals surface area contributed by atoms with Crippen LogP contribution in [0.3, 0.4) is 0 Å². The number of aromatic nitrogens is 1. The zero-order valence-electron chi connectivity index (χ0n) is 11.9. The average molecular weight is 323 g/mol. The summed E-state index contributed by atoms with van der Waals surface area (Å²) in [6.45, 7) is 1.69. The van der Waals surface area contributed by atoms with E-state index < -0.39 is 17.4 Å². The van der Waals surface area contributed by atoms with Crippen molar-refractivity contribution in [1.29, 1.82) is 0 Å². The molecule has 22 heavy (non-hydrogen) atoms. The lowest BCUT2D eigenvalue weighted by atomic mass is 9.87. The molecule has 0 aliphatic carbocycles. The van der Waals surface area contributed by atoms with E-state index in [1.165, 1.54) is 6.26 Å². The molecule has 1 atom stereocenters. The molecule has 0 aliphatic rings. The van der Waals surface area contributed by atoms with Crippen molar-refractivity contribution in [3.8, 4) is 0 Å². The van der Waals surface area contributed by atoms with Gasteiger partial charge in [0.1, 0.15) is 6.26 Å². The Labute approximate surface area is 132 Å². The number of benzene rings is 1. The number of hydrogen-bond acceptors (Lipinski definition) is 4. The fourth-order valence-electron chi connectivity index (χ4n) is 2.20. The minimum Gasteiger partial charge on any atom is -0.479 e. The normalized spacial score (nSPS) is 13.4. The second kappa shape index (κ2) is 6.62. The monoisotopic (exact) mass is 322 g/mol. The van der Waals surface area contributed by atoms with Crippen molar-refractivity contribution in [2.75, 3.05) is 0 Å². The third-order valence-corrected chi connectivity index (χ3v) is 3.67. The van der Waals surface area contributed by atoms with Gasteiger partial charge in [-0.15, -0.1) is 0 Å². The maximum absolute atomic E-state index is 12.1. The van der Waals surface area contributed by atoms with Crippen molar-refractivity contribution in [2.45, 2.75) is 25.3 Å². The summed E-state index contributed by atoms with van der Waals surface area (Å²) < 4.78 is 4.66. The van der Waals surface area contributed by atoms with Crippen molar-refractivity contribution >= 4 is 23.5 Å². The summed E-state index contributed by atoms with van der Waals surface area (Å²) in [7, 11) is 0. The number of carbonyl (C=O) groups is 2. The van der Waals surface area contributed by atoms with Gasteiger partial charge in [-0.2, -0.15) is 0 Å². The summed E-state index contributed by atoms with van der Waals surface area (Å²) in [5, 5.41) is 16.4. The molecule has 1 aromatic carbocycles. The Kier molecular flexibility index (Phi) is 4.82. The molecule has 0 spiro atoms. The Balaban J connectivity index is 2.27. The van der Waals surface area contributed by atoms with E-state index in [4.69, 9.17) is 11.6 Å². The van der Waals surface area contributed by atoms with E-state index in [2.05, 4.69) is 15.0 Å². The molecule has 1 aromatic heterocycles. The number of carbonyl (C=O) groups excluding carboxylic acids is 1. The van der Waals surface area contributed by atoms with Gasteiger partial charge in [0.25, 0.3) is 0 Å². The number of halogens is 1. The number of carboxylic acid groups (broad SMARTS) is 1. The summed E-state index contributed by atoms with van der Waals surface area (Å²) in [4.78, 5) is 23.9. The number of carboxylic acids is 1. The van der Waals surface area contributed by atoms with Crippen LogP contribution in [0.25, 0.3) is 0 Å². The lowest BCUT2D eigenvalue weighted by Gasteiger charge is -2.30. The standard InChI is InChI=1S/C15H15ClN2O4/c1-2-15(14(20)21,10-3-5-11(16)6-4-10)17-13(19)9-12-7-8-22-18-12/h3-8H,2,9H2,1H3,(H,17,19)(H,20,21). The van der Waals surface area contributed by atoms with Crippen LogP contribution in [-0.2, 0) is 21.5 Å². The van der Waals surface area contributed by atoms with E-state index in [0.717, 1.165) is 0 Å². The predicted octanol–water partition coefficient (Wildman–Crippen LogP) is 2.38. The van der Waals surface area contributed by atoms with E-state index in [1.807, 2.05) is 0 Å². The van der Waals surface area contributed by atoms with Gasteiger partial charge in [0.15, 0.2) is 5.54 Å². The molecule has 2 N–H and O–H groups in total. The molecule has 0 aliphatic heterocycles. The maximum Gasteiger partial charge on any atom is 0.334 e. The minimum absolute atomic E-state index is 0.0564. The van der Waals surface area contributed by atoms with Gasteiger partial charge in [0, 0.05) is 11.1 Å². The summed E-state index contributed by atoms with van der Waals surface area (Å²) >= 11 is 5.83. The van der Waals surface area contributed by atoms with Gasteiger partial charge in [0.05, 0.1) is 12.1 Å². The summed E-state index contributed by atoms with van der Waals surface area (Å²) in [5.74, 6) is -1.58. The molecule has 1 heterocycles. The molecule has 116 valence electrons. The molecule has 0 radical (unpaired) electrons. The van der Waals surface area contributed by atoms with Crippen LogP contribution in [0.15, 0.2) is 41.1 Å². The molecule has 0 fully saturated rings. The first-order valence-corrected chi connectivity index (χ1v) is 7.05. The Morgan fingerprint density at radius 2 is 2.00 bits per heavy atom. The highest BCUT2D eigenvalue weighted by Gasteiger charge is 2.40. The Hall–Kier alpha value is -2.34. The van der Waals surface area contributed by atoms with Gasteiger partial charge in [-0.1, -0.05) is 35.8 Å². The van der Waals surface area contributed by atoms with Crippen LogP contribution in [0.4, 0.5) is 0 Å². The highest BCUT2D eigenvalue weighted by Crippen LogP contribution is 2.27. The van der Waals surface area contributed by atoms with Gasteiger partial charge in [-0.3, -0.25) is 4.79 Å². The molecule has 6 nitrogen and oxygen atoms in total. The number of amides is 1. The van der Waals surface area contributed by atoms with Gasteiger partial charge >= 0.3 is 5.97 Å². The zero-order valence-corrected chi connectivity index (χ0v) is 12.6. The molecule has 2 aromatic rings. The molecule has 0 saturated heterocycles. The van der Waals surface area contributed by atoms with Crippen molar-refractivity contribution in [3.63, 3.8) is 0 Å². The Morgan fingerprint density at radius 1 is 1.32 bits per heavy atom. The zero-order chi connectivity index (χ0) is 16.2. The van der Waals surface area contributed by atoms with E-state index in [-0.39, 0.29) is 12.8 Å². The molecular weight excluding hydrogens is 308 g/mol. The average Bonchev–Trinajstić information content (AvgIpc) is 2.98. The van der Waals surface area contributed by atoms with E-state index in [9.17, 15) is 14.7 Å². The van der Waals surface area contributed by atoms with Crippen LogP contribution >= 0.6 is 11.6 Å². The number of hydrogen-bond donors (Lipinski definition) is 2. The third kappa shape index (κ3) is 3.28. The van der Waals surface area contributed by atoms with Crippen molar-refractivity contribution in [2.24, 2.45) is 0 Å². The summed E-state index contributed by atoms with van der Waals surface area (Å²) in [6.07, 6.45) is 1.49. The van der Waals surface area contributed by atoms with Gasteiger partial charge in [-0.25, -0.2) is 4.79 Å². The van der Waals surface area contributed by atoms with Crippen LogP contribution in [0.1, 0.15) is 24.6 Å². The number of aliphatic carboxylic acids is 1. The highest BCUT2D eigenvalue weighted by atomic mass is 35.5. The number of nitrogens with one attached hydrogen (secondary N) is 1. The third-order valence-electron chi connectivity index (χ3n) is 3.42. The molecule has 0 saturated carbocycles. The SMILES string of the molecule is CCC(NC(=O)Cc1ccon1)(C(=O)O)c1ccc(Cl)cc1. The van der Waals surface area contributed by atoms with E-state index in [1.54, 1.807) is 37.3 Å². The Morgan fingerprint density at radius 3 is 2.50 bits per heavy atom. The minimum atomic E-state index is -1.51. The van der Waals surface area contributed by atoms with Crippen molar-refractivity contribution < 1.29 is 19.2 Å². The lowest BCUT2D eigenvalue weighted by molar-refractivity contribution is -0.148. The fourth-order valence-corrected chi connectivity index (χ4v) is 2.33. The van der Waals surface area contributed by atoms with Gasteiger partial charge in [0.2, 0.25) is 5.91 Å². The Bertz CT molecular complexity index is 655. The highest BCUT2D eigenvalue weighted by molar-refractivity contribution is 6.30. The van der Waals surface area contributed by atoms with Crippen LogP contribution in [0, 0.1) is 0 Å². The maximum atomic E-state index is 12.1. The van der Waals surface area contributed by atoms with Crippen LogP contribution < -0.4 is 5.32 Å². The van der Waals surface area contributed by atoms with Crippen molar-refractivity contribution in [1.82, 2.24) is 10.5 Å². The first-order valence-electron chi connectivity index (χ1n) is 6.67. The second-order valence-corrected chi connectivity index (χ2v) is 5.22. The van der Waals surface area contributed by atoms with Crippen LogP contribution in [0.5, 0.6) is 0 Å². The molecular formula is C15H15ClN2O4. The topological polar surface area (TPSA) is 92.4 Å². The van der Waals surface area contributed by atoms with Gasteiger partial charge in [-0.05, 0) is 24.1 Å². The molecule has 1 unspecified atom stereocenters. The van der Waals surface area contributed by atoms with Crippen LogP contribution in [0.2, 0.25) is 5.02 Å². The second-order valence-electron chi connectivity index (χ2n) is 4.79. The van der Waals surface area contributed by atoms with Crippen LogP contribution in [-0.4, -0.2) is 22.1 Å². The van der Waals surface area contributed by atoms with Gasteiger partial charge < -0.3 is 14.9 Å². The quantitative estimate of drug-likeness (QED) is 0.851. The molecule has 1 amide bonds. The summed E-state index contributed by atoms with van der Waals surface area (Å²) in [5.41, 5.74) is -0.616. The molecule has 0 bridgehead atoms. The van der Waals surface area contributed by atoms with E-state index in [0.29, 0.717) is 16.3 Å². The predicted molar refractivity (Wildman–Crippen MR) is 79.4 cm³/mol. The lowest BCUT2D eigenvalue weighted by Crippen LogP contribution is -2.52. The smallest absolute Gasteiger partial charge is 0.334 e. The molecule has 7 heteroatoms. The first kappa shape index (κ1) is 16.0. The summed E-state index contributed by atoms with van der Waals surface area (Å²) in [6, 6.07) is 7.92. The fraction of sp³-hybridized carbons (Fsp3) is 0.267. The number of rotatable bonds is 6. The van der Waals surface area contributed by atoms with Crippen molar-refractivity contribution in [3.05, 3.63) is 52.9 Å². The van der Waals surface area contributed by atoms with E-state index >= 15 is 0 Å². The first-order chi connectivity index (χ1) is 10.5.